The molecule has 0 aliphatic carbocycles. The van der Waals surface area contributed by atoms with Crippen LogP contribution in [0.3, 0.4) is 0 Å². The van der Waals surface area contributed by atoms with E-state index in [0.29, 0.717) is 12.3 Å². The number of nitro benzene ring substituents is 2. The minimum Gasteiger partial charge on any atom is -0.394 e. The van der Waals surface area contributed by atoms with E-state index < -0.39 is 52.2 Å². The molecule has 1 aromatic rings. The van der Waals surface area contributed by atoms with Crippen LogP contribution in [0.5, 0.6) is 0 Å². The molecule has 13 nitrogen and oxygen atoms in total. The predicted octanol–water partition coefficient (Wildman–Crippen LogP) is -1.66. The van der Waals surface area contributed by atoms with Crippen molar-refractivity contribution >= 4 is 23.3 Å². The Kier molecular flexibility index (Phi) is 7.28. The Hall–Kier alpha value is -2.71. The maximum Gasteiger partial charge on any atom is 0.301 e. The van der Waals surface area contributed by atoms with Gasteiger partial charge in [0, 0.05) is 6.07 Å². The lowest BCUT2D eigenvalue weighted by atomic mass is 10.0. The smallest absolute Gasteiger partial charge is 0.301 e. The Bertz CT molecular complexity index is 653. The second-order valence-electron chi connectivity index (χ2n) is 4.83. The Morgan fingerprint density at radius 1 is 1.12 bits per heavy atom. The first kappa shape index (κ1) is 20.3. The van der Waals surface area contributed by atoms with Crippen molar-refractivity contribution in [2.75, 3.05) is 12.0 Å². The van der Waals surface area contributed by atoms with Crippen LogP contribution in [-0.2, 0) is 0 Å². The van der Waals surface area contributed by atoms with E-state index in [1.54, 1.807) is 0 Å². The first-order valence-corrected chi connectivity index (χ1v) is 6.74. The van der Waals surface area contributed by atoms with Crippen LogP contribution in [-0.4, -0.2) is 72.6 Å². The van der Waals surface area contributed by atoms with Gasteiger partial charge in [-0.25, -0.2) is 0 Å². The lowest BCUT2D eigenvalue weighted by Crippen LogP contribution is -2.46. The molecule has 1 aromatic carbocycles. The molecule has 0 unspecified atom stereocenters. The highest BCUT2D eigenvalue weighted by Gasteiger charge is 2.29. The summed E-state index contributed by atoms with van der Waals surface area (Å²) in [5.41, 5.74) is 0.808. The van der Waals surface area contributed by atoms with Gasteiger partial charge in [0.05, 0.1) is 28.7 Å². The maximum atomic E-state index is 10.9. The zero-order valence-electron chi connectivity index (χ0n) is 12.5. The second kappa shape index (κ2) is 8.95. The van der Waals surface area contributed by atoms with Gasteiger partial charge in [-0.1, -0.05) is 0 Å². The molecule has 1 rings (SSSR count). The molecule has 0 saturated carbocycles. The summed E-state index contributed by atoms with van der Waals surface area (Å²) >= 11 is 0. The molecule has 0 heterocycles. The minimum atomic E-state index is -1.89. The van der Waals surface area contributed by atoms with Gasteiger partial charge in [-0.2, -0.15) is 5.10 Å². The molecule has 138 valence electrons. The van der Waals surface area contributed by atoms with Crippen molar-refractivity contribution in [3.05, 3.63) is 38.4 Å². The first-order valence-electron chi connectivity index (χ1n) is 6.74. The van der Waals surface area contributed by atoms with Crippen LogP contribution in [0.4, 0.5) is 17.1 Å². The zero-order chi connectivity index (χ0) is 19.1. The molecule has 6 N–H and O–H groups in total. The summed E-state index contributed by atoms with van der Waals surface area (Å²) in [6.45, 7) is -0.852. The summed E-state index contributed by atoms with van der Waals surface area (Å²) in [5, 5.41) is 71.3. The van der Waals surface area contributed by atoms with Crippen molar-refractivity contribution in [1.29, 1.82) is 0 Å². The summed E-state index contributed by atoms with van der Waals surface area (Å²) < 4.78 is 0. The molecule has 0 radical (unpaired) electrons. The molecule has 0 aromatic heterocycles. The largest absolute Gasteiger partial charge is 0.394 e. The average Bonchev–Trinajstić information content (AvgIpc) is 2.59. The Morgan fingerprint density at radius 3 is 2.28 bits per heavy atom. The first-order chi connectivity index (χ1) is 11.7. The summed E-state index contributed by atoms with van der Waals surface area (Å²) in [6, 6.07) is 2.74. The van der Waals surface area contributed by atoms with E-state index in [1.807, 2.05) is 0 Å². The number of nitro groups is 2. The number of aliphatic hydroxyl groups excluding tert-OH is 5. The van der Waals surface area contributed by atoms with Crippen molar-refractivity contribution < 1.29 is 35.4 Å². The monoisotopic (exact) mass is 360 g/mol. The number of hydrogen-bond donors (Lipinski definition) is 6. The molecule has 0 fully saturated rings. The molecular formula is C12H16N4O9. The Morgan fingerprint density at radius 2 is 1.76 bits per heavy atom. The topological polar surface area (TPSA) is 212 Å². The lowest BCUT2D eigenvalue weighted by Gasteiger charge is -2.23. The van der Waals surface area contributed by atoms with Gasteiger partial charge >= 0.3 is 5.69 Å². The average molecular weight is 360 g/mol. The Balaban J connectivity index is 2.84. The Labute approximate surface area is 139 Å². The highest BCUT2D eigenvalue weighted by molar-refractivity contribution is 5.69. The van der Waals surface area contributed by atoms with E-state index in [9.17, 15) is 35.5 Å². The number of benzene rings is 1. The van der Waals surface area contributed by atoms with E-state index >= 15 is 0 Å². The third-order valence-electron chi connectivity index (χ3n) is 3.08. The fourth-order valence-corrected chi connectivity index (χ4v) is 1.69. The van der Waals surface area contributed by atoms with E-state index in [2.05, 4.69) is 10.5 Å². The molecule has 13 heteroatoms. The zero-order valence-corrected chi connectivity index (χ0v) is 12.5. The number of anilines is 1. The van der Waals surface area contributed by atoms with Gasteiger partial charge < -0.3 is 25.5 Å². The third kappa shape index (κ3) is 5.40. The quantitative estimate of drug-likeness (QED) is 0.167. The number of nitrogens with zero attached hydrogens (tertiary/aromatic N) is 3. The van der Waals surface area contributed by atoms with Gasteiger partial charge in [-0.15, -0.1) is 0 Å². The molecule has 0 saturated heterocycles. The van der Waals surface area contributed by atoms with Crippen LogP contribution in [0.1, 0.15) is 0 Å². The number of non-ortho nitro benzene ring substituents is 1. The van der Waals surface area contributed by atoms with Crippen LogP contribution < -0.4 is 5.43 Å². The van der Waals surface area contributed by atoms with E-state index in [4.69, 9.17) is 10.2 Å². The van der Waals surface area contributed by atoms with Crippen molar-refractivity contribution in [1.82, 2.24) is 0 Å². The highest BCUT2D eigenvalue weighted by Crippen LogP contribution is 2.28. The van der Waals surface area contributed by atoms with Gasteiger partial charge in [0.2, 0.25) is 0 Å². The molecule has 0 aliphatic rings. The normalized spacial score (nSPS) is 16.2. The maximum absolute atomic E-state index is 10.9. The SMILES string of the molecule is O=[N+]([O-])c1ccc(NN=C[C@H](O)[C@@H](O)[C@@H](O)[C@H](O)CO)c([N+](=O)[O-])c1. The van der Waals surface area contributed by atoms with Crippen LogP contribution in [0, 0.1) is 20.2 Å². The van der Waals surface area contributed by atoms with E-state index in [1.165, 1.54) is 0 Å². The summed E-state index contributed by atoms with van der Waals surface area (Å²) in [7, 11) is 0. The minimum absolute atomic E-state index is 0.218. The molecule has 0 amide bonds. The second-order valence-corrected chi connectivity index (χ2v) is 4.83. The summed E-state index contributed by atoms with van der Waals surface area (Å²) in [4.78, 5) is 19.8. The molecule has 0 aliphatic heterocycles. The van der Waals surface area contributed by atoms with Gasteiger partial charge in [-0.05, 0) is 6.07 Å². The summed E-state index contributed by atoms with van der Waals surface area (Å²) in [5.74, 6) is 0. The molecular weight excluding hydrogens is 344 g/mol. The molecule has 0 bridgehead atoms. The van der Waals surface area contributed by atoms with Crippen molar-refractivity contribution in [2.45, 2.75) is 24.4 Å². The van der Waals surface area contributed by atoms with Gasteiger partial charge in [0.1, 0.15) is 30.1 Å². The van der Waals surface area contributed by atoms with Gasteiger partial charge in [-0.3, -0.25) is 25.7 Å². The highest BCUT2D eigenvalue weighted by atomic mass is 16.6. The lowest BCUT2D eigenvalue weighted by molar-refractivity contribution is -0.393. The van der Waals surface area contributed by atoms with Crippen LogP contribution >= 0.6 is 0 Å². The fourth-order valence-electron chi connectivity index (χ4n) is 1.69. The van der Waals surface area contributed by atoms with Crippen molar-refractivity contribution in [3.8, 4) is 0 Å². The van der Waals surface area contributed by atoms with Crippen molar-refractivity contribution in [2.24, 2.45) is 5.10 Å². The number of rotatable bonds is 9. The van der Waals surface area contributed by atoms with Crippen LogP contribution in [0.2, 0.25) is 0 Å². The molecule has 25 heavy (non-hydrogen) atoms. The summed E-state index contributed by atoms with van der Waals surface area (Å²) in [6.07, 6.45) is -6.54. The van der Waals surface area contributed by atoms with Gasteiger partial charge in [0.25, 0.3) is 5.69 Å². The molecule has 4 atom stereocenters. The number of hydrogen-bond acceptors (Lipinski definition) is 11. The fraction of sp³-hybridized carbons (Fsp3) is 0.417. The van der Waals surface area contributed by atoms with Gasteiger partial charge in [0.15, 0.2) is 0 Å². The third-order valence-corrected chi connectivity index (χ3v) is 3.08. The van der Waals surface area contributed by atoms with Crippen LogP contribution in [0.25, 0.3) is 0 Å². The number of aliphatic hydroxyl groups is 5. The standard InChI is InChI=1S/C12H16N4O9/c17-5-10(19)12(21)11(20)9(18)4-13-14-7-2-1-6(15(22)23)3-8(7)16(24)25/h1-4,9-12,14,17-21H,5H2/t9-,10+,11+,12-/m0/s1. The molecule has 0 spiro atoms. The van der Waals surface area contributed by atoms with E-state index in [0.717, 1.165) is 12.1 Å². The predicted molar refractivity (Wildman–Crippen MR) is 83.0 cm³/mol. The van der Waals surface area contributed by atoms with Crippen molar-refractivity contribution in [3.63, 3.8) is 0 Å². The number of nitrogens with one attached hydrogen (secondary N) is 1. The number of hydrazone groups is 1. The van der Waals surface area contributed by atoms with E-state index in [-0.39, 0.29) is 5.69 Å². The van der Waals surface area contributed by atoms with Crippen LogP contribution in [0.15, 0.2) is 23.3 Å².